The first-order valence-electron chi connectivity index (χ1n) is 8.00. The van der Waals surface area contributed by atoms with Crippen LogP contribution < -0.4 is 10.6 Å². The summed E-state index contributed by atoms with van der Waals surface area (Å²) in [6, 6.07) is 2.18. The number of nitrogens with two attached hydrogens (primary N) is 1. The van der Waals surface area contributed by atoms with Crippen LogP contribution in [-0.4, -0.2) is 49.2 Å². The predicted octanol–water partition coefficient (Wildman–Crippen LogP) is 2.79. The number of pyridine rings is 1. The van der Waals surface area contributed by atoms with Gasteiger partial charge in [0.15, 0.2) is 0 Å². The molecule has 0 unspecified atom stereocenters. The molecule has 1 saturated heterocycles. The molecule has 0 spiro atoms. The molecule has 0 aromatic carbocycles. The van der Waals surface area contributed by atoms with E-state index in [1.807, 2.05) is 6.20 Å². The van der Waals surface area contributed by atoms with E-state index >= 15 is 0 Å². The first-order valence-corrected chi connectivity index (χ1v) is 8.79. The van der Waals surface area contributed by atoms with Crippen molar-refractivity contribution < 1.29 is 0 Å². The summed E-state index contributed by atoms with van der Waals surface area (Å²) < 4.78 is 1.09. The Kier molecular flexibility index (Phi) is 6.93. The zero-order valence-electron chi connectivity index (χ0n) is 13.0. The molecule has 0 atom stereocenters. The summed E-state index contributed by atoms with van der Waals surface area (Å²) in [6.45, 7) is 8.67. The molecule has 5 heteroatoms. The molecule has 21 heavy (non-hydrogen) atoms. The van der Waals surface area contributed by atoms with Gasteiger partial charge >= 0.3 is 0 Å². The minimum Gasteiger partial charge on any atom is -0.355 e. The fraction of sp³-hybridized carbons (Fsp3) is 0.688. The lowest BCUT2D eigenvalue weighted by atomic mass is 10.2. The van der Waals surface area contributed by atoms with Gasteiger partial charge in [0.2, 0.25) is 0 Å². The summed E-state index contributed by atoms with van der Waals surface area (Å²) in [6.07, 6.45) is 6.81. The Morgan fingerprint density at radius 2 is 2.05 bits per heavy atom. The van der Waals surface area contributed by atoms with E-state index in [0.29, 0.717) is 0 Å². The molecule has 0 amide bonds. The van der Waals surface area contributed by atoms with Crippen LogP contribution in [0.2, 0.25) is 0 Å². The minimum absolute atomic E-state index is 0.822. The Bertz CT molecular complexity index is 438. The fourth-order valence-corrected chi connectivity index (χ4v) is 2.99. The van der Waals surface area contributed by atoms with E-state index in [2.05, 4.69) is 43.7 Å². The Balaban J connectivity index is 1.84. The fourth-order valence-electron chi connectivity index (χ4n) is 2.78. The maximum absolute atomic E-state index is 5.55. The van der Waals surface area contributed by atoms with Crippen LogP contribution in [0.3, 0.4) is 0 Å². The average Bonchev–Trinajstić information content (AvgIpc) is 2.72. The van der Waals surface area contributed by atoms with Gasteiger partial charge in [-0.2, -0.15) is 0 Å². The second kappa shape index (κ2) is 8.71. The molecular weight excluding hydrogens is 328 g/mol. The highest BCUT2D eigenvalue weighted by Crippen LogP contribution is 2.21. The van der Waals surface area contributed by atoms with E-state index in [1.54, 1.807) is 0 Å². The predicted molar refractivity (Wildman–Crippen MR) is 92.8 cm³/mol. The number of anilines is 1. The molecule has 1 aliphatic heterocycles. The Labute approximate surface area is 136 Å². The average molecular weight is 355 g/mol. The zero-order valence-corrected chi connectivity index (χ0v) is 14.6. The Hall–Kier alpha value is -0.650. The molecule has 0 saturated carbocycles. The van der Waals surface area contributed by atoms with Crippen LogP contribution in [-0.2, 0) is 0 Å². The number of hydrogen-bond donors (Lipinski definition) is 1. The van der Waals surface area contributed by atoms with E-state index in [-0.39, 0.29) is 0 Å². The summed E-state index contributed by atoms with van der Waals surface area (Å²) in [5.41, 5.74) is 6.80. The standard InChI is InChI=1S/C16H27BrN4/c1-14-12-16(19-13-15(14)17)21-9-5-8-20(10-11-21)7-4-2-3-6-18/h12-13H,2-11,18H2,1H3. The molecule has 1 aromatic rings. The van der Waals surface area contributed by atoms with E-state index in [9.17, 15) is 0 Å². The maximum atomic E-state index is 5.55. The highest BCUT2D eigenvalue weighted by Gasteiger charge is 2.16. The molecular formula is C16H27BrN4. The Morgan fingerprint density at radius 1 is 1.19 bits per heavy atom. The summed E-state index contributed by atoms with van der Waals surface area (Å²) in [4.78, 5) is 9.56. The topological polar surface area (TPSA) is 45.4 Å². The second-order valence-electron chi connectivity index (χ2n) is 5.82. The molecule has 2 rings (SSSR count). The number of rotatable bonds is 6. The third-order valence-corrected chi connectivity index (χ3v) is 4.95. The SMILES string of the molecule is Cc1cc(N2CCCN(CCCCCN)CC2)ncc1Br. The number of unbranched alkanes of at least 4 members (excludes halogenated alkanes) is 2. The third kappa shape index (κ3) is 5.24. The van der Waals surface area contributed by atoms with Gasteiger partial charge in [-0.3, -0.25) is 0 Å². The van der Waals surface area contributed by atoms with Gasteiger partial charge in [-0.25, -0.2) is 4.98 Å². The molecule has 1 aromatic heterocycles. The monoisotopic (exact) mass is 354 g/mol. The van der Waals surface area contributed by atoms with Crippen molar-refractivity contribution in [2.75, 3.05) is 44.2 Å². The van der Waals surface area contributed by atoms with E-state index in [0.717, 1.165) is 42.9 Å². The van der Waals surface area contributed by atoms with Crippen LogP contribution in [0, 0.1) is 6.92 Å². The van der Waals surface area contributed by atoms with Gasteiger partial charge in [-0.1, -0.05) is 6.42 Å². The van der Waals surface area contributed by atoms with E-state index in [4.69, 9.17) is 5.73 Å². The molecule has 2 N–H and O–H groups in total. The molecule has 1 fully saturated rings. The summed E-state index contributed by atoms with van der Waals surface area (Å²) in [5, 5.41) is 0. The largest absolute Gasteiger partial charge is 0.355 e. The first kappa shape index (κ1) is 16.7. The van der Waals surface area contributed by atoms with Gasteiger partial charge in [0.05, 0.1) is 0 Å². The lowest BCUT2D eigenvalue weighted by Crippen LogP contribution is -2.31. The highest BCUT2D eigenvalue weighted by molar-refractivity contribution is 9.10. The smallest absolute Gasteiger partial charge is 0.128 e. The highest BCUT2D eigenvalue weighted by atomic mass is 79.9. The second-order valence-corrected chi connectivity index (χ2v) is 6.68. The molecule has 0 radical (unpaired) electrons. The number of aryl methyl sites for hydroxylation is 1. The molecule has 4 nitrogen and oxygen atoms in total. The molecule has 118 valence electrons. The van der Waals surface area contributed by atoms with Crippen molar-refractivity contribution in [3.63, 3.8) is 0 Å². The quantitative estimate of drug-likeness (QED) is 0.797. The van der Waals surface area contributed by atoms with Gasteiger partial charge in [0, 0.05) is 30.3 Å². The van der Waals surface area contributed by atoms with Crippen molar-refractivity contribution in [3.05, 3.63) is 22.3 Å². The normalized spacial score (nSPS) is 17.0. The minimum atomic E-state index is 0.822. The van der Waals surface area contributed by atoms with Crippen molar-refractivity contribution in [1.82, 2.24) is 9.88 Å². The van der Waals surface area contributed by atoms with Gasteiger partial charge < -0.3 is 15.5 Å². The van der Waals surface area contributed by atoms with Crippen LogP contribution in [0.25, 0.3) is 0 Å². The molecule has 1 aliphatic rings. The number of aromatic nitrogens is 1. The van der Waals surface area contributed by atoms with Crippen molar-refractivity contribution in [2.45, 2.75) is 32.6 Å². The lowest BCUT2D eigenvalue weighted by Gasteiger charge is -2.23. The lowest BCUT2D eigenvalue weighted by molar-refractivity contribution is 0.286. The van der Waals surface area contributed by atoms with Crippen LogP contribution >= 0.6 is 15.9 Å². The van der Waals surface area contributed by atoms with Crippen molar-refractivity contribution >= 4 is 21.7 Å². The molecule has 0 bridgehead atoms. The van der Waals surface area contributed by atoms with Gasteiger partial charge in [-0.05, 0) is 73.4 Å². The van der Waals surface area contributed by atoms with Crippen LogP contribution in [0.5, 0.6) is 0 Å². The molecule has 2 heterocycles. The van der Waals surface area contributed by atoms with Crippen molar-refractivity contribution in [2.24, 2.45) is 5.73 Å². The number of nitrogens with zero attached hydrogens (tertiary/aromatic N) is 3. The summed E-state index contributed by atoms with van der Waals surface area (Å²) in [5.74, 6) is 1.11. The molecule has 0 aliphatic carbocycles. The van der Waals surface area contributed by atoms with E-state index < -0.39 is 0 Å². The number of hydrogen-bond acceptors (Lipinski definition) is 4. The van der Waals surface area contributed by atoms with Crippen LogP contribution in [0.4, 0.5) is 5.82 Å². The Morgan fingerprint density at radius 3 is 2.81 bits per heavy atom. The van der Waals surface area contributed by atoms with Gasteiger partial charge in [-0.15, -0.1) is 0 Å². The van der Waals surface area contributed by atoms with E-state index in [1.165, 1.54) is 37.9 Å². The zero-order chi connectivity index (χ0) is 15.1. The first-order chi connectivity index (χ1) is 10.2. The number of halogens is 1. The van der Waals surface area contributed by atoms with Crippen LogP contribution in [0.15, 0.2) is 16.7 Å². The summed E-state index contributed by atoms with van der Waals surface area (Å²) in [7, 11) is 0. The summed E-state index contributed by atoms with van der Waals surface area (Å²) >= 11 is 3.52. The van der Waals surface area contributed by atoms with Crippen LogP contribution in [0.1, 0.15) is 31.2 Å². The van der Waals surface area contributed by atoms with Crippen molar-refractivity contribution in [1.29, 1.82) is 0 Å². The van der Waals surface area contributed by atoms with Gasteiger partial charge in [0.25, 0.3) is 0 Å². The third-order valence-electron chi connectivity index (χ3n) is 4.12. The van der Waals surface area contributed by atoms with Gasteiger partial charge in [0.1, 0.15) is 5.82 Å². The van der Waals surface area contributed by atoms with Crippen molar-refractivity contribution in [3.8, 4) is 0 Å². The maximum Gasteiger partial charge on any atom is 0.128 e.